The van der Waals surface area contributed by atoms with Crippen LogP contribution in [0.2, 0.25) is 0 Å². The number of benzene rings is 2. The van der Waals surface area contributed by atoms with Crippen LogP contribution in [0.15, 0.2) is 54.6 Å². The first-order valence-electron chi connectivity index (χ1n) is 12.9. The zero-order valence-corrected chi connectivity index (χ0v) is 21.6. The summed E-state index contributed by atoms with van der Waals surface area (Å²) in [6.45, 7) is 5.00. The summed E-state index contributed by atoms with van der Waals surface area (Å²) in [6, 6.07) is 16.5. The molecule has 38 heavy (non-hydrogen) atoms. The van der Waals surface area contributed by atoms with Crippen molar-refractivity contribution < 1.29 is 23.8 Å². The number of carbonyl (C=O) groups is 3. The Morgan fingerprint density at radius 3 is 2.63 bits per heavy atom. The van der Waals surface area contributed by atoms with Gasteiger partial charge < -0.3 is 24.8 Å². The van der Waals surface area contributed by atoms with Crippen LogP contribution in [0.1, 0.15) is 36.3 Å². The molecule has 0 bridgehead atoms. The number of hydrogen-bond acceptors (Lipinski definition) is 5. The van der Waals surface area contributed by atoms with Crippen LogP contribution in [0, 0.1) is 5.53 Å². The highest BCUT2D eigenvalue weighted by atomic mass is 16.5. The molecule has 0 spiro atoms. The summed E-state index contributed by atoms with van der Waals surface area (Å²) in [5, 5.41) is 3.84. The summed E-state index contributed by atoms with van der Waals surface area (Å²) >= 11 is 0. The predicted molar refractivity (Wildman–Crippen MR) is 140 cm³/mol. The van der Waals surface area contributed by atoms with Crippen molar-refractivity contribution in [1.29, 1.82) is 5.53 Å². The van der Waals surface area contributed by atoms with Gasteiger partial charge in [0.2, 0.25) is 11.8 Å². The minimum atomic E-state index is -0.775. The molecule has 2 saturated heterocycles. The molecule has 0 saturated carbocycles. The summed E-state index contributed by atoms with van der Waals surface area (Å²) in [4.78, 5) is 45.2. The van der Waals surface area contributed by atoms with Gasteiger partial charge in [-0.15, -0.1) is 4.70 Å². The molecule has 3 amide bonds. The Morgan fingerprint density at radius 2 is 1.92 bits per heavy atom. The van der Waals surface area contributed by atoms with Crippen LogP contribution < -0.4 is 10.1 Å². The number of fused-ring (bicyclic) bond motifs is 1. The molecule has 2 aliphatic heterocycles. The van der Waals surface area contributed by atoms with Crippen molar-refractivity contribution in [1.82, 2.24) is 20.1 Å². The van der Waals surface area contributed by atoms with Crippen molar-refractivity contribution in [2.75, 3.05) is 26.2 Å². The number of aromatic amines is 1. The Hall–Kier alpha value is -4.21. The van der Waals surface area contributed by atoms with E-state index in [9.17, 15) is 14.4 Å². The van der Waals surface area contributed by atoms with Gasteiger partial charge >= 0.3 is 0 Å². The van der Waals surface area contributed by atoms with E-state index in [1.54, 1.807) is 11.0 Å². The molecule has 10 heteroatoms. The minimum absolute atomic E-state index is 0.0555. The number of aromatic nitrogens is 1. The van der Waals surface area contributed by atoms with Gasteiger partial charge in [0.25, 0.3) is 5.91 Å². The number of carbonyl (C=O) groups excluding carboxylic acids is 3. The van der Waals surface area contributed by atoms with Gasteiger partial charge in [0.1, 0.15) is 24.1 Å². The van der Waals surface area contributed by atoms with Crippen LogP contribution >= 0.6 is 0 Å². The van der Waals surface area contributed by atoms with Gasteiger partial charge in [0.05, 0.1) is 12.6 Å². The molecule has 3 aromatic rings. The van der Waals surface area contributed by atoms with E-state index in [0.717, 1.165) is 16.5 Å². The van der Waals surface area contributed by atoms with E-state index in [1.165, 1.54) is 16.5 Å². The maximum atomic E-state index is 13.4. The Labute approximate surface area is 221 Å². The minimum Gasteiger partial charge on any atom is -0.489 e. The second kappa shape index (κ2) is 10.6. The normalized spacial score (nSPS) is 21.5. The third kappa shape index (κ3) is 5.39. The summed E-state index contributed by atoms with van der Waals surface area (Å²) in [5.41, 5.74) is 10.2. The Bertz CT molecular complexity index is 1370. The first-order chi connectivity index (χ1) is 18.3. The van der Waals surface area contributed by atoms with E-state index >= 15 is 0 Å². The third-order valence-electron chi connectivity index (χ3n) is 7.37. The SMILES string of the molecule is CC(=O)N1CCN(C(=O)c2cc3cc(OCc4ccccc4)ccc3[nH]2)C[C@@H]1C(=O)N[C@H]1C[C@@H](C)[N+](=N)C1. The molecule has 3 N–H and O–H groups in total. The molecule has 10 nitrogen and oxygen atoms in total. The number of nitrogens with one attached hydrogen (secondary N) is 3. The van der Waals surface area contributed by atoms with E-state index in [0.29, 0.717) is 37.6 Å². The van der Waals surface area contributed by atoms with E-state index in [1.807, 2.05) is 55.5 Å². The second-order valence-corrected chi connectivity index (χ2v) is 10.1. The van der Waals surface area contributed by atoms with Crippen molar-refractivity contribution in [2.24, 2.45) is 0 Å². The molecule has 198 valence electrons. The maximum absolute atomic E-state index is 13.4. The molecule has 0 aliphatic carbocycles. The summed E-state index contributed by atoms with van der Waals surface area (Å²) in [7, 11) is 0. The molecule has 2 aliphatic rings. The van der Waals surface area contributed by atoms with Crippen LogP contribution in [-0.2, 0) is 16.2 Å². The average Bonchev–Trinajstić information content (AvgIpc) is 3.48. The molecule has 0 radical (unpaired) electrons. The van der Waals surface area contributed by atoms with Crippen molar-refractivity contribution in [3.63, 3.8) is 0 Å². The van der Waals surface area contributed by atoms with Gasteiger partial charge in [-0.3, -0.25) is 14.4 Å². The third-order valence-corrected chi connectivity index (χ3v) is 7.37. The molecule has 2 aromatic carbocycles. The summed E-state index contributed by atoms with van der Waals surface area (Å²) in [5.74, 6) is -0.00531. The van der Waals surface area contributed by atoms with E-state index in [2.05, 4.69) is 10.3 Å². The van der Waals surface area contributed by atoms with Gasteiger partial charge in [-0.05, 0) is 36.8 Å². The average molecular weight is 518 g/mol. The number of hydrogen-bond donors (Lipinski definition) is 3. The van der Waals surface area contributed by atoms with Crippen LogP contribution in [0.4, 0.5) is 0 Å². The van der Waals surface area contributed by atoms with Crippen LogP contribution in [-0.4, -0.2) is 81.5 Å². The number of nitrogens with zero attached hydrogens (tertiary/aromatic N) is 3. The van der Waals surface area contributed by atoms with Crippen molar-refractivity contribution in [3.05, 3.63) is 65.9 Å². The number of ether oxygens (including phenoxy) is 1. The first kappa shape index (κ1) is 25.4. The first-order valence-corrected chi connectivity index (χ1v) is 12.9. The Balaban J connectivity index is 1.27. The fraction of sp³-hybridized carbons (Fsp3) is 0.393. The molecule has 1 aromatic heterocycles. The molecule has 3 heterocycles. The fourth-order valence-corrected chi connectivity index (χ4v) is 5.23. The van der Waals surface area contributed by atoms with E-state index in [-0.39, 0.29) is 42.9 Å². The second-order valence-electron chi connectivity index (χ2n) is 10.1. The van der Waals surface area contributed by atoms with Crippen LogP contribution in [0.3, 0.4) is 0 Å². The standard InChI is InChI=1S/C28H32N6O4/c1-18-12-22(15-34(18)29)30-27(36)26-16-32(10-11-33(26)19(2)35)28(37)25-14-21-13-23(8-9-24(21)31-25)38-17-20-6-4-3-5-7-20/h3-9,13-14,18,22,26,29H,10-12,15-17H2,1-2H3,(H-,30,31,36,37)/p+1/t18-,22+,26-/m1/s1. The molecular weight excluding hydrogens is 484 g/mol. The molecular formula is C28H33N6O4+. The number of piperazine rings is 1. The van der Waals surface area contributed by atoms with Gasteiger partial charge in [-0.1, -0.05) is 35.9 Å². The Morgan fingerprint density at radius 1 is 1.13 bits per heavy atom. The lowest BCUT2D eigenvalue weighted by molar-refractivity contribution is -0.626. The predicted octanol–water partition coefficient (Wildman–Crippen LogP) is 2.74. The number of rotatable bonds is 6. The summed E-state index contributed by atoms with van der Waals surface area (Å²) in [6.07, 6.45) is 0.677. The van der Waals surface area contributed by atoms with E-state index < -0.39 is 6.04 Å². The van der Waals surface area contributed by atoms with Crippen LogP contribution in [0.25, 0.3) is 10.9 Å². The molecule has 3 atom stereocenters. The lowest BCUT2D eigenvalue weighted by Gasteiger charge is -2.40. The van der Waals surface area contributed by atoms with Crippen LogP contribution in [0.5, 0.6) is 5.75 Å². The lowest BCUT2D eigenvalue weighted by Crippen LogP contribution is -2.62. The van der Waals surface area contributed by atoms with Gasteiger partial charge in [-0.2, -0.15) is 0 Å². The molecule has 0 unspecified atom stereocenters. The topological polar surface area (TPSA) is 122 Å². The lowest BCUT2D eigenvalue weighted by atomic mass is 10.1. The van der Waals surface area contributed by atoms with Crippen molar-refractivity contribution in [2.45, 2.75) is 45.0 Å². The van der Waals surface area contributed by atoms with Gasteiger partial charge in [-0.25, -0.2) is 0 Å². The number of H-pyrrole nitrogens is 1. The van der Waals surface area contributed by atoms with Gasteiger partial charge in [0, 0.05) is 37.3 Å². The fourth-order valence-electron chi connectivity index (χ4n) is 5.23. The largest absolute Gasteiger partial charge is 0.489 e. The zero-order chi connectivity index (χ0) is 26.8. The molecule has 2 fully saturated rings. The number of amides is 3. The highest BCUT2D eigenvalue weighted by molar-refractivity contribution is 5.99. The summed E-state index contributed by atoms with van der Waals surface area (Å²) < 4.78 is 7.38. The molecule has 5 rings (SSSR count). The quantitative estimate of drug-likeness (QED) is 0.435. The highest BCUT2D eigenvalue weighted by Crippen LogP contribution is 2.24. The zero-order valence-electron chi connectivity index (χ0n) is 21.6. The van der Waals surface area contributed by atoms with Gasteiger partial charge in [0.15, 0.2) is 12.6 Å². The van der Waals surface area contributed by atoms with E-state index in [4.69, 9.17) is 10.3 Å². The highest BCUT2D eigenvalue weighted by Gasteiger charge is 2.40. The maximum Gasteiger partial charge on any atom is 0.270 e. The van der Waals surface area contributed by atoms with Crippen molar-refractivity contribution in [3.8, 4) is 5.75 Å². The monoisotopic (exact) mass is 517 g/mol. The smallest absolute Gasteiger partial charge is 0.270 e. The van der Waals surface area contributed by atoms with Crippen molar-refractivity contribution >= 4 is 28.6 Å². The Kier molecular flexibility index (Phi) is 7.13.